The van der Waals surface area contributed by atoms with Crippen molar-refractivity contribution >= 4 is 29.0 Å². The smallest absolute Gasteiger partial charge is 0.234 e. The lowest BCUT2D eigenvalue weighted by Crippen LogP contribution is -2.44. The molecule has 0 saturated carbocycles. The SMILES string of the molecule is CN(C(=O)CSc1nc(-c2ccccc2)cs1)C(C)(C)C#N. The van der Waals surface area contributed by atoms with Crippen LogP contribution in [0.1, 0.15) is 13.8 Å². The second-order valence-electron chi connectivity index (χ2n) is 5.28. The van der Waals surface area contributed by atoms with Crippen LogP contribution in [0.15, 0.2) is 40.1 Å². The fourth-order valence-electron chi connectivity index (χ4n) is 1.67. The zero-order valence-corrected chi connectivity index (χ0v) is 14.4. The Bertz CT molecular complexity index is 689. The van der Waals surface area contributed by atoms with Crippen molar-refractivity contribution in [2.24, 2.45) is 0 Å². The molecule has 0 fully saturated rings. The lowest BCUT2D eigenvalue weighted by molar-refractivity contribution is -0.130. The fraction of sp³-hybridized carbons (Fsp3) is 0.312. The Morgan fingerprint density at radius 1 is 1.41 bits per heavy atom. The molecule has 2 aromatic rings. The maximum Gasteiger partial charge on any atom is 0.234 e. The molecule has 0 radical (unpaired) electrons. The van der Waals surface area contributed by atoms with Gasteiger partial charge >= 0.3 is 0 Å². The summed E-state index contributed by atoms with van der Waals surface area (Å²) in [5.74, 6) is 0.205. The van der Waals surface area contributed by atoms with Gasteiger partial charge in [0.05, 0.1) is 17.5 Å². The number of amides is 1. The van der Waals surface area contributed by atoms with Crippen molar-refractivity contribution in [1.82, 2.24) is 9.88 Å². The number of hydrogen-bond donors (Lipinski definition) is 0. The van der Waals surface area contributed by atoms with Gasteiger partial charge in [0.15, 0.2) is 4.34 Å². The number of carbonyl (C=O) groups excluding carboxylic acids is 1. The van der Waals surface area contributed by atoms with Crippen LogP contribution in [-0.2, 0) is 4.79 Å². The molecule has 0 aliphatic carbocycles. The molecular formula is C16H17N3OS2. The minimum Gasteiger partial charge on any atom is -0.327 e. The van der Waals surface area contributed by atoms with Crippen LogP contribution < -0.4 is 0 Å². The van der Waals surface area contributed by atoms with Gasteiger partial charge in [0, 0.05) is 18.0 Å². The van der Waals surface area contributed by atoms with Crippen LogP contribution in [0, 0.1) is 11.3 Å². The summed E-state index contributed by atoms with van der Waals surface area (Å²) in [6, 6.07) is 12.1. The summed E-state index contributed by atoms with van der Waals surface area (Å²) < 4.78 is 0.857. The molecule has 1 aromatic heterocycles. The molecule has 6 heteroatoms. The summed E-state index contributed by atoms with van der Waals surface area (Å²) in [6.45, 7) is 3.46. The molecule has 1 heterocycles. The first-order valence-electron chi connectivity index (χ1n) is 6.75. The van der Waals surface area contributed by atoms with Gasteiger partial charge in [-0.3, -0.25) is 4.79 Å². The summed E-state index contributed by atoms with van der Waals surface area (Å²) in [5.41, 5.74) is 1.20. The zero-order chi connectivity index (χ0) is 16.2. The van der Waals surface area contributed by atoms with E-state index < -0.39 is 5.54 Å². The number of rotatable bonds is 5. The molecular weight excluding hydrogens is 314 g/mol. The number of nitriles is 1. The van der Waals surface area contributed by atoms with Crippen LogP contribution in [0.3, 0.4) is 0 Å². The van der Waals surface area contributed by atoms with Crippen molar-refractivity contribution in [3.8, 4) is 17.3 Å². The van der Waals surface area contributed by atoms with Crippen LogP contribution in [0.5, 0.6) is 0 Å². The summed E-state index contributed by atoms with van der Waals surface area (Å²) in [4.78, 5) is 18.1. The van der Waals surface area contributed by atoms with E-state index in [2.05, 4.69) is 11.1 Å². The Kier molecular flexibility index (Phi) is 5.22. The van der Waals surface area contributed by atoms with Gasteiger partial charge in [-0.05, 0) is 13.8 Å². The third-order valence-corrected chi connectivity index (χ3v) is 5.36. The number of nitrogens with zero attached hydrogens (tertiary/aromatic N) is 3. The predicted octanol–water partition coefficient (Wildman–Crippen LogP) is 3.66. The topological polar surface area (TPSA) is 57.0 Å². The maximum absolute atomic E-state index is 12.1. The number of aromatic nitrogens is 1. The molecule has 0 bridgehead atoms. The monoisotopic (exact) mass is 331 g/mol. The highest BCUT2D eigenvalue weighted by Crippen LogP contribution is 2.28. The molecule has 4 nitrogen and oxygen atoms in total. The molecule has 1 aromatic carbocycles. The lowest BCUT2D eigenvalue weighted by Gasteiger charge is -2.28. The predicted molar refractivity (Wildman–Crippen MR) is 90.7 cm³/mol. The Labute approximate surface area is 138 Å². The first-order chi connectivity index (χ1) is 10.4. The molecule has 0 saturated heterocycles. The molecule has 0 atom stereocenters. The number of thiazole rings is 1. The van der Waals surface area contributed by atoms with Crippen LogP contribution in [-0.4, -0.2) is 34.1 Å². The van der Waals surface area contributed by atoms with E-state index in [0.29, 0.717) is 0 Å². The Hall–Kier alpha value is -1.84. The van der Waals surface area contributed by atoms with Crippen LogP contribution >= 0.6 is 23.1 Å². The van der Waals surface area contributed by atoms with Gasteiger partial charge in [-0.1, -0.05) is 42.1 Å². The van der Waals surface area contributed by atoms with Crippen molar-refractivity contribution in [3.63, 3.8) is 0 Å². The summed E-state index contributed by atoms with van der Waals surface area (Å²) >= 11 is 2.93. The van der Waals surface area contributed by atoms with E-state index in [1.54, 1.807) is 20.9 Å². The standard InChI is InChI=1S/C16H17N3OS2/c1-16(2,11-17)19(3)14(20)10-22-15-18-13(9-21-15)12-7-5-4-6-8-12/h4-9H,10H2,1-3H3. The molecule has 0 spiro atoms. The van der Waals surface area contributed by atoms with Gasteiger partial charge in [-0.15, -0.1) is 11.3 Å². The van der Waals surface area contributed by atoms with Crippen molar-refractivity contribution in [2.45, 2.75) is 23.7 Å². The average molecular weight is 331 g/mol. The lowest BCUT2D eigenvalue weighted by atomic mass is 10.1. The third kappa shape index (κ3) is 3.87. The van der Waals surface area contributed by atoms with Crippen molar-refractivity contribution in [2.75, 3.05) is 12.8 Å². The van der Waals surface area contributed by atoms with Crippen molar-refractivity contribution in [1.29, 1.82) is 5.26 Å². The minimum atomic E-state index is -0.796. The molecule has 0 aliphatic heterocycles. The summed E-state index contributed by atoms with van der Waals surface area (Å²) in [5, 5.41) is 11.1. The van der Waals surface area contributed by atoms with E-state index in [9.17, 15) is 4.79 Å². The molecule has 0 N–H and O–H groups in total. The van der Waals surface area contributed by atoms with E-state index in [4.69, 9.17) is 5.26 Å². The van der Waals surface area contributed by atoms with Gasteiger partial charge in [-0.25, -0.2) is 4.98 Å². The fourth-order valence-corrected chi connectivity index (χ4v) is 3.42. The van der Waals surface area contributed by atoms with Gasteiger partial charge in [0.1, 0.15) is 5.54 Å². The number of hydrogen-bond acceptors (Lipinski definition) is 5. The largest absolute Gasteiger partial charge is 0.327 e. The second-order valence-corrected chi connectivity index (χ2v) is 7.36. The average Bonchev–Trinajstić information content (AvgIpc) is 3.01. The van der Waals surface area contributed by atoms with Gasteiger partial charge in [-0.2, -0.15) is 5.26 Å². The molecule has 22 heavy (non-hydrogen) atoms. The Morgan fingerprint density at radius 2 is 2.09 bits per heavy atom. The number of carbonyl (C=O) groups is 1. The normalized spacial score (nSPS) is 11.0. The molecule has 1 amide bonds. The molecule has 0 unspecified atom stereocenters. The van der Waals surface area contributed by atoms with Crippen LogP contribution in [0.4, 0.5) is 0 Å². The highest BCUT2D eigenvalue weighted by atomic mass is 32.2. The van der Waals surface area contributed by atoms with Gasteiger partial charge in [0.25, 0.3) is 0 Å². The van der Waals surface area contributed by atoms with Crippen LogP contribution in [0.2, 0.25) is 0 Å². The maximum atomic E-state index is 12.1. The minimum absolute atomic E-state index is 0.0759. The van der Waals surface area contributed by atoms with Gasteiger partial charge < -0.3 is 4.90 Å². The highest BCUT2D eigenvalue weighted by molar-refractivity contribution is 8.01. The number of benzene rings is 1. The molecule has 0 aliphatic rings. The molecule has 114 valence electrons. The second kappa shape index (κ2) is 6.95. The Morgan fingerprint density at radius 3 is 2.73 bits per heavy atom. The summed E-state index contributed by atoms with van der Waals surface area (Å²) in [6.07, 6.45) is 0. The van der Waals surface area contributed by atoms with E-state index in [1.165, 1.54) is 28.0 Å². The third-order valence-electron chi connectivity index (χ3n) is 3.36. The van der Waals surface area contributed by atoms with Crippen molar-refractivity contribution in [3.05, 3.63) is 35.7 Å². The van der Waals surface area contributed by atoms with Gasteiger partial charge in [0.2, 0.25) is 5.91 Å². The first kappa shape index (κ1) is 16.5. The Balaban J connectivity index is 1.97. The van der Waals surface area contributed by atoms with E-state index in [0.717, 1.165) is 15.6 Å². The van der Waals surface area contributed by atoms with Crippen molar-refractivity contribution < 1.29 is 4.79 Å². The molecule has 2 rings (SSSR count). The van der Waals surface area contributed by atoms with E-state index in [-0.39, 0.29) is 11.7 Å². The van der Waals surface area contributed by atoms with E-state index >= 15 is 0 Å². The van der Waals surface area contributed by atoms with E-state index in [1.807, 2.05) is 35.7 Å². The quantitative estimate of drug-likeness (QED) is 0.785. The first-order valence-corrected chi connectivity index (χ1v) is 8.62. The van der Waals surface area contributed by atoms with Crippen LogP contribution in [0.25, 0.3) is 11.3 Å². The number of thioether (sulfide) groups is 1. The zero-order valence-electron chi connectivity index (χ0n) is 12.7. The summed E-state index contributed by atoms with van der Waals surface area (Å²) in [7, 11) is 1.66. The highest BCUT2D eigenvalue weighted by Gasteiger charge is 2.27.